The molecule has 0 aliphatic heterocycles. The van der Waals surface area contributed by atoms with E-state index in [1.54, 1.807) is 5.38 Å². The molecular weight excluding hydrogens is 312 g/mol. The fraction of sp³-hybridized carbons (Fsp3) is 0.375. The Morgan fingerprint density at radius 2 is 1.95 bits per heavy atom. The van der Waals surface area contributed by atoms with Crippen molar-refractivity contribution in [2.45, 2.75) is 32.8 Å². The summed E-state index contributed by atoms with van der Waals surface area (Å²) < 4.78 is 0. The molecule has 118 valence electrons. The molecule has 2 rings (SSSR count). The summed E-state index contributed by atoms with van der Waals surface area (Å²) in [4.78, 5) is 18.9. The molecule has 0 bridgehead atoms. The van der Waals surface area contributed by atoms with Crippen molar-refractivity contribution in [3.63, 3.8) is 0 Å². The molecule has 0 unspecified atom stereocenters. The fourth-order valence-electron chi connectivity index (χ4n) is 2.22. The third-order valence-corrected chi connectivity index (χ3v) is 5.24. The molecule has 1 N–H and O–H groups in total. The lowest BCUT2D eigenvalue weighted by molar-refractivity contribution is 0.0764. The first-order valence-electron chi connectivity index (χ1n) is 7.27. The van der Waals surface area contributed by atoms with Crippen LogP contribution >= 0.6 is 11.3 Å². The second-order valence-electron chi connectivity index (χ2n) is 6.49. The minimum atomic E-state index is -1.44. The van der Waals surface area contributed by atoms with Crippen LogP contribution in [0.5, 0.6) is 0 Å². The SMILES string of the molecule is C[Si](C)(C)CN(Cc1ccccc1)C(=O)c1csc(CO)n1. The summed E-state index contributed by atoms with van der Waals surface area (Å²) in [5.74, 6) is -0.0535. The Morgan fingerprint density at radius 3 is 2.50 bits per heavy atom. The number of hydrogen-bond donors (Lipinski definition) is 1. The number of benzene rings is 1. The van der Waals surface area contributed by atoms with Gasteiger partial charge >= 0.3 is 0 Å². The second kappa shape index (κ2) is 7.17. The van der Waals surface area contributed by atoms with Crippen molar-refractivity contribution in [3.05, 3.63) is 52.0 Å². The summed E-state index contributed by atoms with van der Waals surface area (Å²) in [6.07, 6.45) is 0.784. The lowest BCUT2D eigenvalue weighted by atomic mass is 10.2. The Labute approximate surface area is 136 Å². The van der Waals surface area contributed by atoms with E-state index >= 15 is 0 Å². The van der Waals surface area contributed by atoms with Crippen molar-refractivity contribution in [3.8, 4) is 0 Å². The molecule has 2 aromatic rings. The standard InChI is InChI=1S/C16H22N2O2SSi/c1-22(2,3)12-18(9-13-7-5-4-6-8-13)16(20)14-11-21-15(10-19)17-14/h4-8,11,19H,9-10,12H2,1-3H3. The lowest BCUT2D eigenvalue weighted by Gasteiger charge is -2.28. The van der Waals surface area contributed by atoms with Crippen LogP contribution in [0.1, 0.15) is 21.1 Å². The summed E-state index contributed by atoms with van der Waals surface area (Å²) in [5.41, 5.74) is 1.55. The van der Waals surface area contributed by atoms with Crippen LogP contribution in [0.4, 0.5) is 0 Å². The zero-order valence-electron chi connectivity index (χ0n) is 13.2. The Bertz CT molecular complexity index is 623. The maximum absolute atomic E-state index is 12.8. The normalized spacial score (nSPS) is 11.5. The number of hydrogen-bond acceptors (Lipinski definition) is 4. The van der Waals surface area contributed by atoms with Crippen molar-refractivity contribution in [1.29, 1.82) is 0 Å². The van der Waals surface area contributed by atoms with Crippen molar-refractivity contribution < 1.29 is 9.90 Å². The van der Waals surface area contributed by atoms with Gasteiger partial charge < -0.3 is 10.0 Å². The van der Waals surface area contributed by atoms with Crippen molar-refractivity contribution in [2.75, 3.05) is 6.17 Å². The molecule has 0 aliphatic carbocycles. The molecule has 1 amide bonds. The molecule has 6 heteroatoms. The Hall–Kier alpha value is -1.50. The van der Waals surface area contributed by atoms with Gasteiger partial charge in [-0.3, -0.25) is 4.79 Å². The van der Waals surface area contributed by atoms with Gasteiger partial charge in [0.1, 0.15) is 10.7 Å². The van der Waals surface area contributed by atoms with Gasteiger partial charge in [0.2, 0.25) is 0 Å². The molecule has 1 aromatic carbocycles. The fourth-order valence-corrected chi connectivity index (χ4v) is 4.25. The van der Waals surface area contributed by atoms with E-state index in [1.165, 1.54) is 11.3 Å². The van der Waals surface area contributed by atoms with Gasteiger partial charge in [0.15, 0.2) is 0 Å². The smallest absolute Gasteiger partial charge is 0.273 e. The van der Waals surface area contributed by atoms with Crippen molar-refractivity contribution in [1.82, 2.24) is 9.88 Å². The Balaban J connectivity index is 2.21. The molecule has 0 spiro atoms. The number of nitrogens with zero attached hydrogens (tertiary/aromatic N) is 2. The number of carbonyl (C=O) groups is 1. The Kier molecular flexibility index (Phi) is 5.50. The third kappa shape index (κ3) is 4.76. The van der Waals surface area contributed by atoms with Gasteiger partial charge in [-0.05, 0) is 5.56 Å². The minimum Gasteiger partial charge on any atom is -0.389 e. The predicted octanol–water partition coefficient (Wildman–Crippen LogP) is 3.16. The first-order valence-corrected chi connectivity index (χ1v) is 11.9. The van der Waals surface area contributed by atoms with Gasteiger partial charge in [-0.15, -0.1) is 11.3 Å². The molecule has 1 heterocycles. The number of aliphatic hydroxyl groups is 1. The number of amides is 1. The third-order valence-electron chi connectivity index (χ3n) is 3.07. The van der Waals surface area contributed by atoms with Crippen molar-refractivity contribution >= 4 is 25.3 Å². The van der Waals surface area contributed by atoms with E-state index in [-0.39, 0.29) is 12.5 Å². The summed E-state index contributed by atoms with van der Waals surface area (Å²) >= 11 is 1.32. The van der Waals surface area contributed by atoms with E-state index < -0.39 is 8.07 Å². The molecule has 0 radical (unpaired) electrons. The maximum Gasteiger partial charge on any atom is 0.273 e. The number of rotatable bonds is 6. The van der Waals surface area contributed by atoms with Gasteiger partial charge in [0, 0.05) is 18.1 Å². The van der Waals surface area contributed by atoms with Crippen LogP contribution in [0.3, 0.4) is 0 Å². The van der Waals surface area contributed by atoms with E-state index in [1.807, 2.05) is 35.2 Å². The minimum absolute atomic E-state index is 0.0535. The van der Waals surface area contributed by atoms with Crippen LogP contribution in [0, 0.1) is 0 Å². The van der Waals surface area contributed by atoms with E-state index in [0.29, 0.717) is 17.2 Å². The number of carbonyl (C=O) groups excluding carboxylic acids is 1. The topological polar surface area (TPSA) is 53.4 Å². The second-order valence-corrected chi connectivity index (χ2v) is 12.9. The van der Waals surface area contributed by atoms with Crippen LogP contribution in [0.15, 0.2) is 35.7 Å². The molecule has 0 saturated carbocycles. The first-order chi connectivity index (χ1) is 10.4. The van der Waals surface area contributed by atoms with Gasteiger partial charge in [0.05, 0.1) is 14.7 Å². The van der Waals surface area contributed by atoms with E-state index in [9.17, 15) is 4.79 Å². The highest BCUT2D eigenvalue weighted by molar-refractivity contribution is 7.09. The highest BCUT2D eigenvalue weighted by atomic mass is 32.1. The van der Waals surface area contributed by atoms with Gasteiger partial charge in [-0.1, -0.05) is 50.0 Å². The summed E-state index contributed by atoms with van der Waals surface area (Å²) in [7, 11) is -1.44. The van der Waals surface area contributed by atoms with Crippen LogP contribution in [0.2, 0.25) is 19.6 Å². The average molecular weight is 335 g/mol. The quantitative estimate of drug-likeness (QED) is 0.826. The van der Waals surface area contributed by atoms with Crippen LogP contribution < -0.4 is 0 Å². The molecule has 4 nitrogen and oxygen atoms in total. The maximum atomic E-state index is 12.8. The monoisotopic (exact) mass is 334 g/mol. The number of aromatic nitrogens is 1. The molecular formula is C16H22N2O2SSi. The number of aliphatic hydroxyl groups excluding tert-OH is 1. The summed E-state index contributed by atoms with van der Waals surface area (Å²) in [5, 5.41) is 11.4. The summed E-state index contributed by atoms with van der Waals surface area (Å²) in [6.45, 7) is 7.22. The van der Waals surface area contributed by atoms with Gasteiger partial charge in [-0.25, -0.2) is 4.98 Å². The highest BCUT2D eigenvalue weighted by Gasteiger charge is 2.25. The van der Waals surface area contributed by atoms with Crippen LogP contribution in [-0.4, -0.2) is 35.1 Å². The molecule has 22 heavy (non-hydrogen) atoms. The summed E-state index contributed by atoms with van der Waals surface area (Å²) in [6, 6.07) is 10.0. The molecule has 0 saturated heterocycles. The van der Waals surface area contributed by atoms with Gasteiger partial charge in [0.25, 0.3) is 5.91 Å². The number of thiazole rings is 1. The molecule has 0 atom stereocenters. The highest BCUT2D eigenvalue weighted by Crippen LogP contribution is 2.16. The van der Waals surface area contributed by atoms with E-state index in [4.69, 9.17) is 5.11 Å². The zero-order valence-corrected chi connectivity index (χ0v) is 15.1. The largest absolute Gasteiger partial charge is 0.389 e. The molecule has 1 aromatic heterocycles. The first kappa shape index (κ1) is 16.9. The zero-order chi connectivity index (χ0) is 16.2. The van der Waals surface area contributed by atoms with Crippen LogP contribution in [0.25, 0.3) is 0 Å². The van der Waals surface area contributed by atoms with Crippen molar-refractivity contribution in [2.24, 2.45) is 0 Å². The average Bonchev–Trinajstić information content (AvgIpc) is 2.94. The van der Waals surface area contributed by atoms with E-state index in [0.717, 1.165) is 11.7 Å². The molecule has 0 fully saturated rings. The lowest BCUT2D eigenvalue weighted by Crippen LogP contribution is -2.43. The Morgan fingerprint density at radius 1 is 1.27 bits per heavy atom. The molecule has 0 aliphatic rings. The van der Waals surface area contributed by atoms with E-state index in [2.05, 4.69) is 24.6 Å². The van der Waals surface area contributed by atoms with Gasteiger partial charge in [-0.2, -0.15) is 0 Å². The predicted molar refractivity (Wildman–Crippen MR) is 92.6 cm³/mol. The van der Waals surface area contributed by atoms with Crippen LogP contribution in [-0.2, 0) is 13.2 Å².